The van der Waals surface area contributed by atoms with Gasteiger partial charge in [-0.05, 0) is 70.8 Å². The average Bonchev–Trinajstić information content (AvgIpc) is 3.07. The van der Waals surface area contributed by atoms with Crippen LogP contribution in [0.25, 0.3) is 0 Å². The Hall–Kier alpha value is -0.730. The molecule has 0 saturated heterocycles. The van der Waals surface area contributed by atoms with E-state index >= 15 is 0 Å². The quantitative estimate of drug-likeness (QED) is 0.0611. The number of aliphatic carboxylic acids is 1. The first kappa shape index (κ1) is 54.1. The molecule has 0 heterocycles. The van der Waals surface area contributed by atoms with Crippen molar-refractivity contribution in [3.8, 4) is 0 Å². The molecule has 0 aliphatic rings. The van der Waals surface area contributed by atoms with E-state index in [1.54, 1.807) is 13.8 Å². The molecule has 0 aliphatic carbocycles. The summed E-state index contributed by atoms with van der Waals surface area (Å²) in [6.07, 6.45) is 23.7. The molecule has 294 valence electrons. The Morgan fingerprint density at radius 3 is 0.854 bits per heavy atom. The molecule has 0 radical (unpaired) electrons. The summed E-state index contributed by atoms with van der Waals surface area (Å²) in [6, 6.07) is -0.827. The second-order valence-corrected chi connectivity index (χ2v) is 14.6. The third-order valence-electron chi connectivity index (χ3n) is 9.16. The van der Waals surface area contributed by atoms with Crippen LogP contribution in [0, 0.1) is 0 Å². The van der Waals surface area contributed by atoms with E-state index in [1.165, 1.54) is 164 Å². The fourth-order valence-corrected chi connectivity index (χ4v) is 5.92. The molecule has 0 unspecified atom stereocenters. The van der Waals surface area contributed by atoms with Gasteiger partial charge in [-0.3, -0.25) is 0 Å². The monoisotopic (exact) mass is 689 g/mol. The molecular weight excluding hydrogens is 596 g/mol. The molecule has 0 rings (SSSR count). The second kappa shape index (κ2) is 40.7. The Kier molecular flexibility index (Phi) is 45.8. The molecule has 0 aromatic heterocycles. The molecule has 0 aromatic carbocycles. The van der Waals surface area contributed by atoms with Crippen LogP contribution in [0.5, 0.6) is 0 Å². The Morgan fingerprint density at radius 2 is 0.708 bits per heavy atom. The summed E-state index contributed by atoms with van der Waals surface area (Å²) in [5.74, 6) is -1.18. The third kappa shape index (κ3) is 38.1. The highest BCUT2D eigenvalue weighted by atomic mass is 16.4. The molecule has 0 bridgehead atoms. The van der Waals surface area contributed by atoms with Gasteiger partial charge in [0, 0.05) is 6.04 Å². The van der Waals surface area contributed by atoms with Gasteiger partial charge in [0.15, 0.2) is 0 Å². The fourth-order valence-electron chi connectivity index (χ4n) is 5.92. The molecule has 0 spiro atoms. The van der Waals surface area contributed by atoms with Crippen LogP contribution < -0.4 is 21.7 Å². The largest absolute Gasteiger partial charge is 0.852 e. The van der Waals surface area contributed by atoms with E-state index in [1.807, 2.05) is 0 Å². The molecule has 0 aromatic rings. The number of rotatable bonds is 29. The number of carboxylic acid groups (broad SMARTS) is 1. The predicted octanol–water partition coefficient (Wildman–Crippen LogP) is 7.95. The van der Waals surface area contributed by atoms with E-state index in [9.17, 15) is 15.0 Å². The number of quaternary nitrogens is 2. The second-order valence-electron chi connectivity index (χ2n) is 14.6. The van der Waals surface area contributed by atoms with E-state index in [0.717, 1.165) is 12.8 Å². The summed E-state index contributed by atoms with van der Waals surface area (Å²) < 4.78 is 2.84. The first-order valence-corrected chi connectivity index (χ1v) is 20.9. The van der Waals surface area contributed by atoms with E-state index in [0.29, 0.717) is 13.0 Å². The summed E-state index contributed by atoms with van der Waals surface area (Å²) in [5, 5.41) is 19.6. The lowest BCUT2D eigenvalue weighted by Crippen LogP contribution is -2.50. The molecule has 0 aliphatic heterocycles. The first-order chi connectivity index (χ1) is 22.9. The van der Waals surface area contributed by atoms with E-state index in [2.05, 4.69) is 55.4 Å². The zero-order valence-corrected chi connectivity index (χ0v) is 34.7. The van der Waals surface area contributed by atoms with Crippen LogP contribution in [-0.4, -0.2) is 86.0 Å². The van der Waals surface area contributed by atoms with Crippen molar-refractivity contribution < 1.29 is 24.0 Å². The number of unbranched alkanes of at least 4 members (excludes halogenated alkanes) is 9. The highest BCUT2D eigenvalue weighted by Crippen LogP contribution is 2.17. The maximum Gasteiger partial charge on any atom is 0.0786 e. The molecule has 7 heteroatoms. The Balaban J connectivity index is -0.000000294. The van der Waals surface area contributed by atoms with Gasteiger partial charge < -0.3 is 35.4 Å². The maximum atomic E-state index is 10.0. The topological polar surface area (TPSA) is 115 Å². The summed E-state index contributed by atoms with van der Waals surface area (Å²) in [4.78, 5) is 10.0. The van der Waals surface area contributed by atoms with Crippen molar-refractivity contribution in [2.75, 3.05) is 58.9 Å². The average molecular weight is 689 g/mol. The lowest BCUT2D eigenvalue weighted by Gasteiger charge is -2.39. The minimum absolute atomic E-state index is 0.417. The SMILES string of the molecule is CC(C)[O-].CCCC[N+](CCCC)(CCCC)CCCC.CCCC[N+](CCCC)(CCCC)CCCC.NCCCC[C@H](N)C(=O)[O-]. The summed E-state index contributed by atoms with van der Waals surface area (Å²) in [5.41, 5.74) is 10.3. The molecule has 1 atom stereocenters. The molecule has 0 saturated carbocycles. The van der Waals surface area contributed by atoms with Gasteiger partial charge in [-0.2, -0.15) is 0 Å². The van der Waals surface area contributed by atoms with Crippen LogP contribution in [0.1, 0.15) is 191 Å². The molecule has 7 nitrogen and oxygen atoms in total. The minimum atomic E-state index is -1.18. The van der Waals surface area contributed by atoms with E-state index < -0.39 is 18.1 Å². The van der Waals surface area contributed by atoms with Gasteiger partial charge in [-0.25, -0.2) is 0 Å². The molecule has 0 amide bonds. The number of nitrogens with zero attached hydrogens (tertiary/aromatic N) is 2. The number of hydrogen-bond donors (Lipinski definition) is 2. The van der Waals surface area contributed by atoms with Gasteiger partial charge in [0.05, 0.1) is 58.3 Å². The summed E-state index contributed by atoms with van der Waals surface area (Å²) in [6.45, 7) is 33.8. The molecule has 0 fully saturated rings. The van der Waals surface area contributed by atoms with Crippen LogP contribution in [0.4, 0.5) is 0 Å². The Bertz CT molecular complexity index is 505. The van der Waals surface area contributed by atoms with Gasteiger partial charge in [-0.1, -0.05) is 127 Å². The number of carbonyl (C=O) groups excluding carboxylic acids is 1. The molecule has 4 N–H and O–H groups in total. The highest BCUT2D eigenvalue weighted by Gasteiger charge is 2.25. The summed E-state index contributed by atoms with van der Waals surface area (Å²) >= 11 is 0. The van der Waals surface area contributed by atoms with Gasteiger partial charge in [-0.15, -0.1) is 6.10 Å². The smallest absolute Gasteiger partial charge is 0.0786 e. The van der Waals surface area contributed by atoms with Crippen molar-refractivity contribution in [2.24, 2.45) is 11.5 Å². The summed E-state index contributed by atoms with van der Waals surface area (Å²) in [7, 11) is 0. The normalized spacial score (nSPS) is 12.0. The predicted molar refractivity (Wildman–Crippen MR) is 210 cm³/mol. The van der Waals surface area contributed by atoms with Gasteiger partial charge in [0.1, 0.15) is 0 Å². The van der Waals surface area contributed by atoms with Crippen LogP contribution >= 0.6 is 0 Å². The zero-order valence-electron chi connectivity index (χ0n) is 34.7. The van der Waals surface area contributed by atoms with Crippen LogP contribution in [0.15, 0.2) is 0 Å². The standard InChI is InChI=1S/2C16H36N.C6H14N2O2.C3H7O/c2*1-5-9-13-17(14-10-6-2,15-11-7-3)16-12-8-4;7-4-2-1-3-5(8)6(9)10;1-3(2)4/h2*5-16H2,1-4H3;5H,1-4,7-8H2,(H,9,10);3H,1-2H3/q2*+1;;-1/p-1/t;;5-;/m..0./s1. The van der Waals surface area contributed by atoms with Crippen molar-refractivity contribution in [3.05, 3.63) is 0 Å². The van der Waals surface area contributed by atoms with Crippen molar-refractivity contribution >= 4 is 5.97 Å². The highest BCUT2D eigenvalue weighted by molar-refractivity contribution is 5.70. The lowest BCUT2D eigenvalue weighted by atomic mass is 10.1. The Morgan fingerprint density at radius 1 is 0.500 bits per heavy atom. The van der Waals surface area contributed by atoms with E-state index in [-0.39, 0.29) is 0 Å². The zero-order chi connectivity index (χ0) is 37.5. The molecular formula is C41H92N4O3. The van der Waals surface area contributed by atoms with Gasteiger partial charge >= 0.3 is 0 Å². The van der Waals surface area contributed by atoms with E-state index in [4.69, 9.17) is 11.5 Å². The van der Waals surface area contributed by atoms with Crippen LogP contribution in [-0.2, 0) is 4.79 Å². The number of nitrogens with two attached hydrogens (primary N) is 2. The molecule has 48 heavy (non-hydrogen) atoms. The Labute approximate surface area is 303 Å². The third-order valence-corrected chi connectivity index (χ3v) is 9.16. The number of carboxylic acids is 1. The first-order valence-electron chi connectivity index (χ1n) is 20.9. The van der Waals surface area contributed by atoms with Crippen molar-refractivity contribution in [2.45, 2.75) is 203 Å². The van der Waals surface area contributed by atoms with Crippen molar-refractivity contribution in [3.63, 3.8) is 0 Å². The number of hydrogen-bond acceptors (Lipinski definition) is 5. The van der Waals surface area contributed by atoms with Crippen molar-refractivity contribution in [1.82, 2.24) is 0 Å². The van der Waals surface area contributed by atoms with Crippen molar-refractivity contribution in [1.29, 1.82) is 0 Å². The lowest BCUT2D eigenvalue weighted by molar-refractivity contribution is -0.929. The maximum absolute atomic E-state index is 10.0. The van der Waals surface area contributed by atoms with Gasteiger partial charge in [0.25, 0.3) is 0 Å². The van der Waals surface area contributed by atoms with Crippen LogP contribution in [0.2, 0.25) is 0 Å². The number of carbonyl (C=O) groups is 1. The van der Waals surface area contributed by atoms with Gasteiger partial charge in [0.2, 0.25) is 0 Å². The van der Waals surface area contributed by atoms with Crippen LogP contribution in [0.3, 0.4) is 0 Å². The minimum Gasteiger partial charge on any atom is -0.852 e. The fraction of sp³-hybridized carbons (Fsp3) is 0.976.